The number of hydrogen-bond acceptors (Lipinski definition) is 8. The number of amides is 1. The second-order valence-corrected chi connectivity index (χ2v) is 11.3. The quantitative estimate of drug-likeness (QED) is 0.190. The number of guanidine groups is 1. The third-order valence-corrected chi connectivity index (χ3v) is 8.52. The molecule has 2 aromatic heterocycles. The van der Waals surface area contributed by atoms with Crippen LogP contribution in [0.25, 0.3) is 0 Å². The number of pyridine rings is 1. The standard InChI is InChI=1S/C30H36F3N9O2/c31-30(32,33)26-25(44-29(37-26)42-14-10-22(11-15-42)21-6-2-1-3-7-21)27(43)36-23-8-9-24(35-20-23)39-16-18-41(19-17-39)28(38-34)40-12-4-5-13-40/h1-3,6-9,20,22H,4-5,10-19,34H2,(H,36,43). The van der Waals surface area contributed by atoms with Crippen LogP contribution in [-0.4, -0.2) is 84.0 Å². The molecule has 3 saturated heterocycles. The molecule has 3 N–H and O–H groups in total. The molecular weight excluding hydrogens is 575 g/mol. The lowest BCUT2D eigenvalue weighted by molar-refractivity contribution is -0.141. The topological polar surface area (TPSA) is 119 Å². The monoisotopic (exact) mass is 611 g/mol. The lowest BCUT2D eigenvalue weighted by atomic mass is 9.90. The summed E-state index contributed by atoms with van der Waals surface area (Å²) < 4.78 is 47.2. The number of nitrogens with zero attached hydrogens (tertiary/aromatic N) is 7. The van der Waals surface area contributed by atoms with E-state index in [2.05, 4.69) is 47.2 Å². The van der Waals surface area contributed by atoms with Crippen molar-refractivity contribution in [2.75, 3.05) is 67.5 Å². The molecule has 6 rings (SSSR count). The van der Waals surface area contributed by atoms with E-state index in [9.17, 15) is 18.0 Å². The van der Waals surface area contributed by atoms with Gasteiger partial charge in [0.25, 0.3) is 11.9 Å². The van der Waals surface area contributed by atoms with Crippen LogP contribution in [0.4, 0.5) is 30.7 Å². The Kier molecular flexibility index (Phi) is 8.49. The zero-order valence-corrected chi connectivity index (χ0v) is 24.3. The van der Waals surface area contributed by atoms with Crippen LogP contribution in [-0.2, 0) is 6.18 Å². The highest BCUT2D eigenvalue weighted by atomic mass is 19.4. The fraction of sp³-hybridized carbons (Fsp3) is 0.467. The molecule has 1 amide bonds. The lowest BCUT2D eigenvalue weighted by Crippen LogP contribution is -2.53. The number of hydrogen-bond donors (Lipinski definition) is 2. The molecule has 14 heteroatoms. The van der Waals surface area contributed by atoms with Gasteiger partial charge in [0.05, 0.1) is 11.9 Å². The van der Waals surface area contributed by atoms with E-state index in [-0.39, 0.29) is 11.7 Å². The molecule has 5 heterocycles. The molecule has 0 atom stereocenters. The number of piperazine rings is 1. The highest BCUT2D eigenvalue weighted by Gasteiger charge is 2.42. The molecule has 3 aliphatic heterocycles. The number of nitrogens with one attached hydrogen (secondary N) is 1. The number of halogens is 3. The predicted molar refractivity (Wildman–Crippen MR) is 161 cm³/mol. The number of anilines is 3. The van der Waals surface area contributed by atoms with E-state index in [1.54, 1.807) is 17.0 Å². The first kappa shape index (κ1) is 29.6. The van der Waals surface area contributed by atoms with Crippen molar-refractivity contribution in [2.45, 2.75) is 37.8 Å². The molecule has 44 heavy (non-hydrogen) atoms. The third-order valence-electron chi connectivity index (χ3n) is 8.52. The minimum atomic E-state index is -4.86. The second kappa shape index (κ2) is 12.6. The number of aromatic nitrogens is 2. The van der Waals surface area contributed by atoms with E-state index in [1.807, 2.05) is 18.2 Å². The summed E-state index contributed by atoms with van der Waals surface area (Å²) >= 11 is 0. The molecule has 3 fully saturated rings. The Morgan fingerprint density at radius 3 is 2.20 bits per heavy atom. The van der Waals surface area contributed by atoms with Crippen LogP contribution in [0.3, 0.4) is 0 Å². The maximum Gasteiger partial charge on any atom is 0.437 e. The van der Waals surface area contributed by atoms with Gasteiger partial charge in [0, 0.05) is 52.4 Å². The molecule has 0 spiro atoms. The molecule has 0 radical (unpaired) electrons. The van der Waals surface area contributed by atoms with Crippen molar-refractivity contribution in [1.82, 2.24) is 19.8 Å². The minimum absolute atomic E-state index is 0.200. The van der Waals surface area contributed by atoms with Crippen LogP contribution in [0.15, 0.2) is 58.2 Å². The molecule has 3 aromatic rings. The molecule has 1 aromatic carbocycles. The van der Waals surface area contributed by atoms with Crippen molar-refractivity contribution in [2.24, 2.45) is 10.9 Å². The molecule has 0 aliphatic carbocycles. The number of oxazole rings is 1. The highest BCUT2D eigenvalue weighted by Crippen LogP contribution is 2.36. The van der Waals surface area contributed by atoms with Gasteiger partial charge in [-0.1, -0.05) is 30.3 Å². The Balaban J connectivity index is 1.08. The molecular formula is C30H36F3N9O2. The lowest BCUT2D eigenvalue weighted by Gasteiger charge is -2.39. The number of carbonyl (C=O) groups is 1. The summed E-state index contributed by atoms with van der Waals surface area (Å²) in [7, 11) is 0. The van der Waals surface area contributed by atoms with Crippen LogP contribution in [0, 0.1) is 0 Å². The largest absolute Gasteiger partial charge is 0.437 e. The Bertz CT molecular complexity index is 1440. The first-order chi connectivity index (χ1) is 21.3. The Hall–Kier alpha value is -4.49. The van der Waals surface area contributed by atoms with Crippen molar-refractivity contribution >= 4 is 29.4 Å². The SMILES string of the molecule is NN=C(N1CCCC1)N1CCN(c2ccc(NC(=O)c3oc(N4CCC(c5ccccc5)CC4)nc3C(F)(F)F)cn2)CC1. The average Bonchev–Trinajstić information content (AvgIpc) is 3.74. The zero-order chi connectivity index (χ0) is 30.7. The van der Waals surface area contributed by atoms with Crippen LogP contribution in [0.1, 0.15) is 53.4 Å². The van der Waals surface area contributed by atoms with Crippen LogP contribution in [0.5, 0.6) is 0 Å². The van der Waals surface area contributed by atoms with E-state index in [4.69, 9.17) is 10.3 Å². The van der Waals surface area contributed by atoms with E-state index < -0.39 is 23.5 Å². The summed E-state index contributed by atoms with van der Waals surface area (Å²) in [4.78, 5) is 29.3. The van der Waals surface area contributed by atoms with Gasteiger partial charge >= 0.3 is 6.18 Å². The molecule has 11 nitrogen and oxygen atoms in total. The van der Waals surface area contributed by atoms with Gasteiger partial charge in [-0.05, 0) is 49.3 Å². The third kappa shape index (κ3) is 6.38. The number of rotatable bonds is 5. The Labute approximate surface area is 253 Å². The second-order valence-electron chi connectivity index (χ2n) is 11.3. The van der Waals surface area contributed by atoms with Crippen LogP contribution in [0.2, 0.25) is 0 Å². The van der Waals surface area contributed by atoms with E-state index in [1.165, 1.54) is 11.8 Å². The maximum absolute atomic E-state index is 13.9. The molecule has 0 bridgehead atoms. The van der Waals surface area contributed by atoms with Gasteiger partial charge in [-0.25, -0.2) is 4.98 Å². The maximum atomic E-state index is 13.9. The number of benzene rings is 1. The van der Waals surface area contributed by atoms with Crippen LogP contribution >= 0.6 is 0 Å². The normalized spacial score (nSPS) is 18.7. The fourth-order valence-corrected chi connectivity index (χ4v) is 6.17. The number of hydrazone groups is 1. The first-order valence-corrected chi connectivity index (χ1v) is 15.0. The molecule has 0 saturated carbocycles. The summed E-state index contributed by atoms with van der Waals surface area (Å²) in [5.41, 5.74) is 0.107. The van der Waals surface area contributed by atoms with E-state index in [0.717, 1.165) is 57.8 Å². The number of alkyl halides is 3. The number of carbonyl (C=O) groups excluding carboxylic acids is 1. The van der Waals surface area contributed by atoms with Gasteiger partial charge < -0.3 is 35.2 Å². The molecule has 3 aliphatic rings. The predicted octanol–water partition coefficient (Wildman–Crippen LogP) is 4.17. The number of nitrogens with two attached hydrogens (primary N) is 1. The van der Waals surface area contributed by atoms with E-state index >= 15 is 0 Å². The van der Waals surface area contributed by atoms with Crippen molar-refractivity contribution in [3.63, 3.8) is 0 Å². The molecule has 0 unspecified atom stereocenters. The van der Waals surface area contributed by atoms with Crippen molar-refractivity contribution in [1.29, 1.82) is 0 Å². The van der Waals surface area contributed by atoms with Gasteiger partial charge in [-0.2, -0.15) is 18.2 Å². The summed E-state index contributed by atoms with van der Waals surface area (Å²) in [5, 5.41) is 6.52. The Morgan fingerprint density at radius 1 is 0.909 bits per heavy atom. The average molecular weight is 612 g/mol. The number of likely N-dealkylation sites (tertiary alicyclic amines) is 1. The van der Waals surface area contributed by atoms with Crippen LogP contribution < -0.4 is 21.0 Å². The van der Waals surface area contributed by atoms with E-state index in [0.29, 0.717) is 37.9 Å². The van der Waals surface area contributed by atoms with Crippen molar-refractivity contribution < 1.29 is 22.4 Å². The zero-order valence-electron chi connectivity index (χ0n) is 24.3. The van der Waals surface area contributed by atoms with Crippen molar-refractivity contribution in [3.05, 3.63) is 65.7 Å². The molecule has 234 valence electrons. The van der Waals surface area contributed by atoms with Gasteiger partial charge in [-0.15, -0.1) is 5.10 Å². The summed E-state index contributed by atoms with van der Waals surface area (Å²) in [6, 6.07) is 13.2. The summed E-state index contributed by atoms with van der Waals surface area (Å²) in [6.45, 7) is 5.70. The fourth-order valence-electron chi connectivity index (χ4n) is 6.17. The highest BCUT2D eigenvalue weighted by molar-refractivity contribution is 6.03. The minimum Gasteiger partial charge on any atom is -0.417 e. The van der Waals surface area contributed by atoms with Gasteiger partial charge in [-0.3, -0.25) is 4.79 Å². The van der Waals surface area contributed by atoms with Crippen molar-refractivity contribution in [3.8, 4) is 0 Å². The Morgan fingerprint density at radius 2 is 1.59 bits per heavy atom. The summed E-state index contributed by atoms with van der Waals surface area (Å²) in [5.74, 6) is 5.62. The smallest absolute Gasteiger partial charge is 0.417 e. The van der Waals surface area contributed by atoms with Gasteiger partial charge in [0.2, 0.25) is 11.7 Å². The van der Waals surface area contributed by atoms with Gasteiger partial charge in [0.15, 0.2) is 5.69 Å². The summed E-state index contributed by atoms with van der Waals surface area (Å²) in [6.07, 6.45) is 0.314. The first-order valence-electron chi connectivity index (χ1n) is 15.0. The van der Waals surface area contributed by atoms with Gasteiger partial charge in [0.1, 0.15) is 5.82 Å². The number of piperidine rings is 1.